The standard InChI is InChI=1S/C27H29ClFN3O6SSi/c1-27(2,3)40(5,6)37-11-14-7-16(21-18(8-14)31-20(34-4)10-30-21)25-32-22-17(29)9-19-23(24(22)39-25)35-12-15(38-19)13-36-26(28)33/h7-10,15H,11-13H2,1-6H3/t15-/m1/s1. The summed E-state index contributed by atoms with van der Waals surface area (Å²) in [6.45, 7) is 11.3. The van der Waals surface area contributed by atoms with Crippen LogP contribution in [-0.4, -0.2) is 55.1 Å². The molecule has 9 nitrogen and oxygen atoms in total. The van der Waals surface area contributed by atoms with Crippen LogP contribution in [0.1, 0.15) is 26.3 Å². The molecule has 40 heavy (non-hydrogen) atoms. The normalized spacial score (nSPS) is 15.4. The lowest BCUT2D eigenvalue weighted by molar-refractivity contribution is 0.0410. The molecule has 0 saturated heterocycles. The summed E-state index contributed by atoms with van der Waals surface area (Å²) in [5, 5.41) is 0.592. The fourth-order valence-corrected chi connectivity index (χ4v) is 6.07. The molecule has 1 atom stereocenters. The first-order chi connectivity index (χ1) is 18.9. The van der Waals surface area contributed by atoms with Crippen LogP contribution in [0.3, 0.4) is 0 Å². The first-order valence-corrected chi connectivity index (χ1v) is 16.7. The number of benzene rings is 2. The molecule has 2 aromatic heterocycles. The molecule has 1 aliphatic rings. The highest BCUT2D eigenvalue weighted by Crippen LogP contribution is 2.46. The lowest BCUT2D eigenvalue weighted by Gasteiger charge is -2.36. The minimum absolute atomic E-state index is 0.0477. The summed E-state index contributed by atoms with van der Waals surface area (Å²) in [5.74, 6) is 0.394. The molecular weight excluding hydrogens is 577 g/mol. The number of rotatable bonds is 7. The van der Waals surface area contributed by atoms with E-state index in [1.54, 1.807) is 0 Å². The third-order valence-electron chi connectivity index (χ3n) is 7.16. The average Bonchev–Trinajstić information content (AvgIpc) is 3.35. The van der Waals surface area contributed by atoms with E-state index in [0.29, 0.717) is 44.5 Å². The molecule has 13 heteroatoms. The molecule has 0 fully saturated rings. The molecule has 0 bridgehead atoms. The number of carbonyl (C=O) groups excluding carboxylic acids is 1. The zero-order valence-corrected chi connectivity index (χ0v) is 25.5. The molecule has 0 unspecified atom stereocenters. The van der Waals surface area contributed by atoms with Crippen molar-refractivity contribution in [2.75, 3.05) is 20.3 Å². The van der Waals surface area contributed by atoms with Crippen LogP contribution in [0.4, 0.5) is 9.18 Å². The SMILES string of the molecule is COc1cnc2c(-c3nc4c(F)cc5c(c4s3)OC[C@H](COC(=O)Cl)O5)cc(CO[Si](C)(C)C(C)(C)C)cc2n1. The minimum Gasteiger partial charge on any atom is -0.484 e. The Morgan fingerprint density at radius 3 is 2.70 bits per heavy atom. The van der Waals surface area contributed by atoms with Crippen LogP contribution >= 0.6 is 22.9 Å². The highest BCUT2D eigenvalue weighted by molar-refractivity contribution is 7.22. The van der Waals surface area contributed by atoms with Gasteiger partial charge < -0.3 is 23.4 Å². The Morgan fingerprint density at radius 2 is 2.00 bits per heavy atom. The monoisotopic (exact) mass is 605 g/mol. The van der Waals surface area contributed by atoms with Crippen molar-refractivity contribution in [3.63, 3.8) is 0 Å². The maximum atomic E-state index is 15.2. The first kappa shape index (κ1) is 28.5. The topological polar surface area (TPSA) is 102 Å². The summed E-state index contributed by atoms with van der Waals surface area (Å²) in [4.78, 5) is 24.8. The minimum atomic E-state index is -2.03. The fourth-order valence-electron chi connectivity index (χ4n) is 3.96. The van der Waals surface area contributed by atoms with Gasteiger partial charge in [0.05, 0.1) is 30.9 Å². The lowest BCUT2D eigenvalue weighted by atomic mass is 10.1. The number of carbonyl (C=O) groups is 1. The number of aromatic nitrogens is 3. The number of hydrogen-bond donors (Lipinski definition) is 0. The number of methoxy groups -OCH3 is 1. The molecule has 212 valence electrons. The highest BCUT2D eigenvalue weighted by atomic mass is 35.5. The van der Waals surface area contributed by atoms with Gasteiger partial charge in [-0.3, -0.25) is 0 Å². The van der Waals surface area contributed by atoms with Crippen LogP contribution in [0.25, 0.3) is 31.8 Å². The van der Waals surface area contributed by atoms with Crippen molar-refractivity contribution in [1.82, 2.24) is 15.0 Å². The summed E-state index contributed by atoms with van der Waals surface area (Å²) in [6.07, 6.45) is 0.921. The summed E-state index contributed by atoms with van der Waals surface area (Å²) >= 11 is 6.51. The van der Waals surface area contributed by atoms with Crippen molar-refractivity contribution in [3.8, 4) is 28.0 Å². The molecule has 0 saturated carbocycles. The van der Waals surface area contributed by atoms with E-state index in [1.807, 2.05) is 12.1 Å². The maximum Gasteiger partial charge on any atom is 0.403 e. The van der Waals surface area contributed by atoms with E-state index >= 15 is 4.39 Å². The van der Waals surface area contributed by atoms with Crippen molar-refractivity contribution >= 4 is 57.9 Å². The number of fused-ring (bicyclic) bond motifs is 4. The van der Waals surface area contributed by atoms with Gasteiger partial charge in [0, 0.05) is 23.2 Å². The molecule has 5 rings (SSSR count). The van der Waals surface area contributed by atoms with Crippen LogP contribution in [-0.2, 0) is 15.8 Å². The van der Waals surface area contributed by atoms with Gasteiger partial charge >= 0.3 is 5.43 Å². The predicted octanol–water partition coefficient (Wildman–Crippen LogP) is 7.09. The Kier molecular flexibility index (Phi) is 7.64. The largest absolute Gasteiger partial charge is 0.484 e. The summed E-state index contributed by atoms with van der Waals surface area (Å²) in [6, 6.07) is 5.12. The molecule has 3 heterocycles. The second-order valence-electron chi connectivity index (χ2n) is 11.0. The van der Waals surface area contributed by atoms with E-state index < -0.39 is 25.7 Å². The first-order valence-electron chi connectivity index (χ1n) is 12.6. The van der Waals surface area contributed by atoms with Crippen LogP contribution in [0.15, 0.2) is 24.4 Å². The summed E-state index contributed by atoms with van der Waals surface area (Å²) in [7, 11) is -0.492. The Labute approximate surface area is 240 Å². The quantitative estimate of drug-likeness (QED) is 0.161. The highest BCUT2D eigenvalue weighted by Gasteiger charge is 2.37. The Bertz CT molecular complexity index is 1610. The number of thiazole rings is 1. The molecule has 0 aliphatic carbocycles. The van der Waals surface area contributed by atoms with Crippen LogP contribution in [0.2, 0.25) is 18.1 Å². The van der Waals surface area contributed by atoms with E-state index in [1.165, 1.54) is 30.7 Å². The fraction of sp³-hybridized carbons (Fsp3) is 0.407. The zero-order chi connectivity index (χ0) is 28.8. The smallest absolute Gasteiger partial charge is 0.403 e. The molecule has 0 N–H and O–H groups in total. The Hall–Kier alpha value is -3.06. The van der Waals surface area contributed by atoms with Crippen molar-refractivity contribution in [2.45, 2.75) is 51.6 Å². The van der Waals surface area contributed by atoms with Gasteiger partial charge in [-0.05, 0) is 35.8 Å². The zero-order valence-electron chi connectivity index (χ0n) is 23.0. The van der Waals surface area contributed by atoms with Gasteiger partial charge in [-0.25, -0.2) is 24.1 Å². The maximum absolute atomic E-state index is 15.2. The van der Waals surface area contributed by atoms with Gasteiger partial charge in [-0.1, -0.05) is 20.8 Å². The Morgan fingerprint density at radius 1 is 1.23 bits per heavy atom. The second kappa shape index (κ2) is 10.7. The van der Waals surface area contributed by atoms with Crippen LogP contribution in [0.5, 0.6) is 17.4 Å². The van der Waals surface area contributed by atoms with Crippen molar-refractivity contribution < 1.29 is 32.6 Å². The number of hydrogen-bond acceptors (Lipinski definition) is 10. The lowest BCUT2D eigenvalue weighted by Crippen LogP contribution is -2.40. The third kappa shape index (κ3) is 5.58. The van der Waals surface area contributed by atoms with Crippen molar-refractivity contribution in [1.29, 1.82) is 0 Å². The third-order valence-corrected chi connectivity index (χ3v) is 12.8. The van der Waals surface area contributed by atoms with Crippen molar-refractivity contribution in [3.05, 3.63) is 35.8 Å². The number of ether oxygens (including phenoxy) is 4. The Balaban J connectivity index is 1.57. The van der Waals surface area contributed by atoms with E-state index in [4.69, 9.17) is 35.0 Å². The molecule has 2 aromatic carbocycles. The molecule has 0 spiro atoms. The predicted molar refractivity (Wildman–Crippen MR) is 154 cm³/mol. The van der Waals surface area contributed by atoms with Crippen LogP contribution in [0, 0.1) is 5.82 Å². The van der Waals surface area contributed by atoms with Crippen LogP contribution < -0.4 is 14.2 Å². The second-order valence-corrected chi connectivity index (χ2v) is 17.1. The van der Waals surface area contributed by atoms with Gasteiger partial charge in [0.25, 0.3) is 0 Å². The van der Waals surface area contributed by atoms with Crippen molar-refractivity contribution in [2.24, 2.45) is 0 Å². The molecule has 0 amide bonds. The molecule has 0 radical (unpaired) electrons. The molecular formula is C27H29ClFN3O6SSi. The van der Waals surface area contributed by atoms with Gasteiger partial charge in [0.1, 0.15) is 28.4 Å². The van der Waals surface area contributed by atoms with E-state index in [9.17, 15) is 4.79 Å². The number of nitrogens with zero attached hydrogens (tertiary/aromatic N) is 3. The van der Waals surface area contributed by atoms with E-state index in [0.717, 1.165) is 5.56 Å². The summed E-state index contributed by atoms with van der Waals surface area (Å²) in [5.41, 5.74) is 2.01. The van der Waals surface area contributed by atoms with E-state index in [-0.39, 0.29) is 29.5 Å². The van der Waals surface area contributed by atoms with Gasteiger partial charge in [-0.15, -0.1) is 11.3 Å². The molecule has 4 aromatic rings. The van der Waals surface area contributed by atoms with Gasteiger partial charge in [0.15, 0.2) is 31.7 Å². The van der Waals surface area contributed by atoms with E-state index in [2.05, 4.69) is 48.8 Å². The number of halogens is 2. The molecule has 1 aliphatic heterocycles. The van der Waals surface area contributed by atoms with Gasteiger partial charge in [-0.2, -0.15) is 0 Å². The van der Waals surface area contributed by atoms with Gasteiger partial charge in [0.2, 0.25) is 5.88 Å². The summed E-state index contributed by atoms with van der Waals surface area (Å²) < 4.78 is 44.1. The average molecular weight is 606 g/mol.